The highest BCUT2D eigenvalue weighted by Gasteiger charge is 2.38. The molecule has 0 atom stereocenters. The molecule has 0 aliphatic heterocycles. The molecule has 0 spiro atoms. The lowest BCUT2D eigenvalue weighted by molar-refractivity contribution is -0.173. The van der Waals surface area contributed by atoms with Crippen LogP contribution >= 0.6 is 0 Å². The van der Waals surface area contributed by atoms with Crippen molar-refractivity contribution in [3.8, 4) is 5.75 Å². The van der Waals surface area contributed by atoms with Crippen LogP contribution in [0, 0.1) is 0 Å². The molecule has 1 aromatic rings. The lowest BCUT2D eigenvalue weighted by atomic mass is 10.3. The Labute approximate surface area is 113 Å². The number of amides is 2. The zero-order valence-corrected chi connectivity index (χ0v) is 10.4. The van der Waals surface area contributed by atoms with E-state index in [2.05, 4.69) is 5.32 Å². The SMILES string of the molecule is O=C(COc1ccccc1)NCCNC(=O)C(F)(F)F. The Morgan fingerprint density at radius 3 is 2.25 bits per heavy atom. The largest absolute Gasteiger partial charge is 0.484 e. The van der Waals surface area contributed by atoms with Gasteiger partial charge in [0.25, 0.3) is 5.91 Å². The number of rotatable bonds is 6. The molecule has 110 valence electrons. The highest BCUT2D eigenvalue weighted by Crippen LogP contribution is 2.13. The standard InChI is InChI=1S/C12H13F3N2O3/c13-12(14,15)11(19)17-7-6-16-10(18)8-20-9-4-2-1-3-5-9/h1-5H,6-8H2,(H,16,18)(H,17,19). The van der Waals surface area contributed by atoms with Crippen LogP contribution in [0.25, 0.3) is 0 Å². The Morgan fingerprint density at radius 1 is 1.05 bits per heavy atom. The van der Waals surface area contributed by atoms with Crippen molar-refractivity contribution in [2.45, 2.75) is 6.18 Å². The van der Waals surface area contributed by atoms with E-state index in [-0.39, 0.29) is 19.7 Å². The first-order valence-corrected chi connectivity index (χ1v) is 5.69. The summed E-state index contributed by atoms with van der Waals surface area (Å²) in [5.41, 5.74) is 0. The van der Waals surface area contributed by atoms with Crippen LogP contribution in [0.1, 0.15) is 0 Å². The third kappa shape index (κ3) is 6.07. The average molecular weight is 290 g/mol. The van der Waals surface area contributed by atoms with Crippen LogP contribution in [-0.2, 0) is 9.59 Å². The van der Waals surface area contributed by atoms with Crippen LogP contribution in [0.5, 0.6) is 5.75 Å². The smallest absolute Gasteiger partial charge is 0.471 e. The van der Waals surface area contributed by atoms with Gasteiger partial charge < -0.3 is 15.4 Å². The zero-order valence-electron chi connectivity index (χ0n) is 10.4. The molecule has 0 aromatic heterocycles. The fourth-order valence-corrected chi connectivity index (χ4v) is 1.19. The minimum Gasteiger partial charge on any atom is -0.484 e. The number of para-hydroxylation sites is 1. The number of benzene rings is 1. The van der Waals surface area contributed by atoms with Crippen molar-refractivity contribution in [1.29, 1.82) is 0 Å². The molecule has 0 heterocycles. The predicted octanol–water partition coefficient (Wildman–Crippen LogP) is 0.860. The van der Waals surface area contributed by atoms with E-state index < -0.39 is 18.0 Å². The fraction of sp³-hybridized carbons (Fsp3) is 0.333. The molecule has 2 amide bonds. The molecule has 2 N–H and O–H groups in total. The Balaban J connectivity index is 2.13. The van der Waals surface area contributed by atoms with Crippen LogP contribution in [0.15, 0.2) is 30.3 Å². The highest BCUT2D eigenvalue weighted by atomic mass is 19.4. The van der Waals surface area contributed by atoms with Crippen molar-refractivity contribution < 1.29 is 27.5 Å². The van der Waals surface area contributed by atoms with Crippen LogP contribution < -0.4 is 15.4 Å². The summed E-state index contributed by atoms with van der Waals surface area (Å²) in [5, 5.41) is 3.95. The van der Waals surface area contributed by atoms with Gasteiger partial charge in [0.15, 0.2) is 6.61 Å². The van der Waals surface area contributed by atoms with Crippen LogP contribution in [0.3, 0.4) is 0 Å². The van der Waals surface area contributed by atoms with Gasteiger partial charge in [-0.3, -0.25) is 9.59 Å². The molecule has 0 radical (unpaired) electrons. The zero-order chi connectivity index (χ0) is 15.0. The van der Waals surface area contributed by atoms with Crippen molar-refractivity contribution in [2.24, 2.45) is 0 Å². The van der Waals surface area contributed by atoms with E-state index in [9.17, 15) is 22.8 Å². The molecule has 0 unspecified atom stereocenters. The van der Waals surface area contributed by atoms with Crippen molar-refractivity contribution in [3.63, 3.8) is 0 Å². The van der Waals surface area contributed by atoms with Crippen LogP contribution in [0.4, 0.5) is 13.2 Å². The Bertz CT molecular complexity index is 449. The summed E-state index contributed by atoms with van der Waals surface area (Å²) >= 11 is 0. The summed E-state index contributed by atoms with van der Waals surface area (Å²) < 4.78 is 40.6. The van der Waals surface area contributed by atoms with E-state index in [0.717, 1.165) is 0 Å². The monoisotopic (exact) mass is 290 g/mol. The van der Waals surface area contributed by atoms with Gasteiger partial charge in [0.2, 0.25) is 0 Å². The number of hydrogen-bond acceptors (Lipinski definition) is 3. The number of carbonyl (C=O) groups is 2. The summed E-state index contributed by atoms with van der Waals surface area (Å²) in [6, 6.07) is 8.59. The normalized spacial score (nSPS) is 10.8. The van der Waals surface area contributed by atoms with Gasteiger partial charge in [-0.15, -0.1) is 0 Å². The molecule has 0 fully saturated rings. The molecule has 8 heteroatoms. The van der Waals surface area contributed by atoms with Gasteiger partial charge in [0.1, 0.15) is 5.75 Å². The second kappa shape index (κ2) is 7.37. The van der Waals surface area contributed by atoms with Gasteiger partial charge in [-0.05, 0) is 12.1 Å². The fourth-order valence-electron chi connectivity index (χ4n) is 1.19. The molecule has 1 rings (SSSR count). The molecular weight excluding hydrogens is 277 g/mol. The maximum Gasteiger partial charge on any atom is 0.471 e. The van der Waals surface area contributed by atoms with E-state index in [4.69, 9.17) is 4.74 Å². The lowest BCUT2D eigenvalue weighted by Crippen LogP contribution is -2.41. The Morgan fingerprint density at radius 2 is 1.65 bits per heavy atom. The number of halogens is 3. The summed E-state index contributed by atoms with van der Waals surface area (Å²) in [4.78, 5) is 21.7. The topological polar surface area (TPSA) is 67.4 Å². The molecule has 5 nitrogen and oxygen atoms in total. The van der Waals surface area contributed by atoms with Gasteiger partial charge in [0, 0.05) is 13.1 Å². The van der Waals surface area contributed by atoms with Crippen molar-refractivity contribution in [3.05, 3.63) is 30.3 Å². The van der Waals surface area contributed by atoms with Gasteiger partial charge in [-0.2, -0.15) is 13.2 Å². The van der Waals surface area contributed by atoms with E-state index in [1.165, 1.54) is 0 Å². The summed E-state index contributed by atoms with van der Waals surface area (Å²) in [7, 11) is 0. The quantitative estimate of drug-likeness (QED) is 0.764. The van der Waals surface area contributed by atoms with Crippen LogP contribution in [-0.4, -0.2) is 37.7 Å². The minimum atomic E-state index is -4.92. The first-order valence-electron chi connectivity index (χ1n) is 5.69. The first kappa shape index (κ1) is 15.8. The summed E-state index contributed by atoms with van der Waals surface area (Å²) in [6.07, 6.45) is -4.92. The number of nitrogens with one attached hydrogen (secondary N) is 2. The average Bonchev–Trinajstić information content (AvgIpc) is 2.41. The predicted molar refractivity (Wildman–Crippen MR) is 64.0 cm³/mol. The second-order valence-electron chi connectivity index (χ2n) is 3.71. The summed E-state index contributed by atoms with van der Waals surface area (Å²) in [6.45, 7) is -0.675. The molecule has 0 bridgehead atoms. The van der Waals surface area contributed by atoms with Gasteiger partial charge in [0.05, 0.1) is 0 Å². The third-order valence-corrected chi connectivity index (χ3v) is 2.10. The molecular formula is C12H13F3N2O3. The maximum atomic E-state index is 11.8. The van der Waals surface area contributed by atoms with Crippen molar-refractivity contribution in [1.82, 2.24) is 10.6 Å². The third-order valence-electron chi connectivity index (χ3n) is 2.10. The first-order chi connectivity index (χ1) is 9.39. The molecule has 0 saturated heterocycles. The van der Waals surface area contributed by atoms with Gasteiger partial charge in [-0.1, -0.05) is 18.2 Å². The van der Waals surface area contributed by atoms with E-state index in [0.29, 0.717) is 5.75 Å². The number of carbonyl (C=O) groups excluding carboxylic acids is 2. The molecule has 0 aliphatic rings. The molecule has 0 aliphatic carbocycles. The van der Waals surface area contributed by atoms with Gasteiger partial charge in [-0.25, -0.2) is 0 Å². The number of alkyl halides is 3. The molecule has 1 aromatic carbocycles. The maximum absolute atomic E-state index is 11.8. The minimum absolute atomic E-state index is 0.112. The van der Waals surface area contributed by atoms with Crippen LogP contribution in [0.2, 0.25) is 0 Å². The summed E-state index contributed by atoms with van der Waals surface area (Å²) in [5.74, 6) is -2.02. The highest BCUT2D eigenvalue weighted by molar-refractivity contribution is 5.81. The van der Waals surface area contributed by atoms with E-state index >= 15 is 0 Å². The van der Waals surface area contributed by atoms with Gasteiger partial charge >= 0.3 is 12.1 Å². The molecule has 0 saturated carbocycles. The Kier molecular flexibility index (Phi) is 5.82. The Hall–Kier alpha value is -2.25. The van der Waals surface area contributed by atoms with E-state index in [1.54, 1.807) is 35.6 Å². The number of ether oxygens (including phenoxy) is 1. The number of hydrogen-bond donors (Lipinski definition) is 2. The van der Waals surface area contributed by atoms with Crippen molar-refractivity contribution >= 4 is 11.8 Å². The molecule has 20 heavy (non-hydrogen) atoms. The second-order valence-corrected chi connectivity index (χ2v) is 3.71. The van der Waals surface area contributed by atoms with E-state index in [1.807, 2.05) is 0 Å². The lowest BCUT2D eigenvalue weighted by Gasteiger charge is -2.09. The van der Waals surface area contributed by atoms with Crippen molar-refractivity contribution in [2.75, 3.05) is 19.7 Å².